The summed E-state index contributed by atoms with van der Waals surface area (Å²) in [6.07, 6.45) is 8.21. The number of nitrogens with zero attached hydrogens (tertiary/aromatic N) is 1. The van der Waals surface area contributed by atoms with Crippen molar-refractivity contribution < 1.29 is 0 Å². The van der Waals surface area contributed by atoms with Crippen LogP contribution in [0.25, 0.3) is 0 Å². The average Bonchev–Trinajstić information content (AvgIpc) is 2.57. The molecule has 0 radical (unpaired) electrons. The highest BCUT2D eigenvalue weighted by atomic mass is 15.0. The molecule has 0 bridgehead atoms. The lowest BCUT2D eigenvalue weighted by Gasteiger charge is -2.24. The Bertz CT molecular complexity index is 226. The number of rotatable bonds is 6. The molecule has 0 aromatic carbocycles. The van der Waals surface area contributed by atoms with Gasteiger partial charge in [0.1, 0.15) is 0 Å². The average molecular weight is 237 g/mol. The fraction of sp³-hybridized carbons (Fsp3) is 0.929. The maximum atomic E-state index is 8.74. The molecule has 0 aromatic rings. The fourth-order valence-electron chi connectivity index (χ4n) is 2.63. The van der Waals surface area contributed by atoms with Crippen molar-refractivity contribution in [2.45, 2.75) is 76.9 Å². The van der Waals surface area contributed by atoms with Gasteiger partial charge < -0.3 is 10.6 Å². The van der Waals surface area contributed by atoms with Crippen LogP contribution in [0.4, 0.5) is 0 Å². The first-order valence-electron chi connectivity index (χ1n) is 7.12. The molecule has 17 heavy (non-hydrogen) atoms. The van der Waals surface area contributed by atoms with Crippen LogP contribution in [0.3, 0.4) is 0 Å². The number of hydrogen-bond donors (Lipinski definition) is 2. The zero-order chi connectivity index (χ0) is 12.5. The molecule has 3 atom stereocenters. The third-order valence-electron chi connectivity index (χ3n) is 3.65. The molecule has 3 heteroatoms. The van der Waals surface area contributed by atoms with E-state index < -0.39 is 0 Å². The van der Waals surface area contributed by atoms with Crippen LogP contribution >= 0.6 is 0 Å². The summed E-state index contributed by atoms with van der Waals surface area (Å²) in [6.45, 7) is 5.56. The lowest BCUT2D eigenvalue weighted by molar-refractivity contribution is 0.365. The molecule has 1 aliphatic rings. The second kappa shape index (κ2) is 8.49. The van der Waals surface area contributed by atoms with Crippen molar-refractivity contribution in [3.63, 3.8) is 0 Å². The minimum atomic E-state index is 0.362. The van der Waals surface area contributed by atoms with E-state index in [4.69, 9.17) is 5.26 Å². The first-order chi connectivity index (χ1) is 8.26. The molecule has 1 heterocycles. The minimum absolute atomic E-state index is 0.362. The Kier molecular flexibility index (Phi) is 7.23. The molecule has 0 aromatic heterocycles. The van der Waals surface area contributed by atoms with Gasteiger partial charge in [-0.3, -0.25) is 0 Å². The number of nitrogens with one attached hydrogen (secondary N) is 2. The molecule has 0 saturated carbocycles. The third-order valence-corrected chi connectivity index (χ3v) is 3.65. The Morgan fingerprint density at radius 1 is 1.41 bits per heavy atom. The summed E-state index contributed by atoms with van der Waals surface area (Å²) in [5, 5.41) is 15.9. The van der Waals surface area contributed by atoms with Crippen molar-refractivity contribution in [1.82, 2.24) is 10.6 Å². The molecule has 0 aliphatic carbocycles. The van der Waals surface area contributed by atoms with Crippen LogP contribution in [0, 0.1) is 11.3 Å². The van der Waals surface area contributed by atoms with Crippen molar-refractivity contribution in [3.05, 3.63) is 0 Å². The molecule has 1 saturated heterocycles. The topological polar surface area (TPSA) is 47.9 Å². The highest BCUT2D eigenvalue weighted by Gasteiger charge is 2.16. The Balaban J connectivity index is 2.26. The van der Waals surface area contributed by atoms with Gasteiger partial charge in [-0.2, -0.15) is 5.26 Å². The maximum absolute atomic E-state index is 8.74. The minimum Gasteiger partial charge on any atom is -0.314 e. The molecular weight excluding hydrogens is 210 g/mol. The molecule has 0 amide bonds. The first kappa shape index (κ1) is 14.5. The predicted octanol–water partition coefficient (Wildman–Crippen LogP) is 2.58. The summed E-state index contributed by atoms with van der Waals surface area (Å²) in [6, 6.07) is 3.79. The standard InChI is InChI=1S/C14H27N3/c1-3-13(8-9-15)17-12(2)11-14-7-5-4-6-10-16-14/h12-14,16-17H,3-8,10-11H2,1-2H3. The van der Waals surface area contributed by atoms with Gasteiger partial charge in [-0.15, -0.1) is 0 Å². The van der Waals surface area contributed by atoms with E-state index in [0.717, 1.165) is 6.42 Å². The smallest absolute Gasteiger partial charge is 0.0638 e. The molecule has 0 spiro atoms. The summed E-state index contributed by atoms with van der Waals surface area (Å²) in [5.41, 5.74) is 0. The van der Waals surface area contributed by atoms with Crippen molar-refractivity contribution in [3.8, 4) is 6.07 Å². The van der Waals surface area contributed by atoms with Crippen molar-refractivity contribution >= 4 is 0 Å². The van der Waals surface area contributed by atoms with Crippen LogP contribution < -0.4 is 10.6 Å². The van der Waals surface area contributed by atoms with Gasteiger partial charge in [0.2, 0.25) is 0 Å². The summed E-state index contributed by atoms with van der Waals surface area (Å²) < 4.78 is 0. The van der Waals surface area contributed by atoms with Gasteiger partial charge in [0.15, 0.2) is 0 Å². The molecular formula is C14H27N3. The van der Waals surface area contributed by atoms with Crippen LogP contribution in [0.15, 0.2) is 0 Å². The first-order valence-corrected chi connectivity index (χ1v) is 7.12. The van der Waals surface area contributed by atoms with Crippen molar-refractivity contribution in [2.24, 2.45) is 0 Å². The molecule has 98 valence electrons. The van der Waals surface area contributed by atoms with E-state index >= 15 is 0 Å². The maximum Gasteiger partial charge on any atom is 0.0638 e. The van der Waals surface area contributed by atoms with E-state index in [9.17, 15) is 0 Å². The van der Waals surface area contributed by atoms with Gasteiger partial charge in [0, 0.05) is 18.1 Å². The molecule has 2 N–H and O–H groups in total. The van der Waals surface area contributed by atoms with Gasteiger partial charge in [-0.05, 0) is 39.2 Å². The zero-order valence-corrected chi connectivity index (χ0v) is 11.3. The van der Waals surface area contributed by atoms with Gasteiger partial charge in [0.25, 0.3) is 0 Å². The lowest BCUT2D eigenvalue weighted by atomic mass is 10.0. The van der Waals surface area contributed by atoms with Gasteiger partial charge in [-0.1, -0.05) is 19.8 Å². The molecule has 1 rings (SSSR count). The van der Waals surface area contributed by atoms with Crippen LogP contribution in [0.2, 0.25) is 0 Å². The van der Waals surface area contributed by atoms with Crippen LogP contribution in [0.1, 0.15) is 58.8 Å². The van der Waals surface area contributed by atoms with Crippen LogP contribution in [0.5, 0.6) is 0 Å². The van der Waals surface area contributed by atoms with E-state index in [1.807, 2.05) is 0 Å². The van der Waals surface area contributed by atoms with Gasteiger partial charge >= 0.3 is 0 Å². The third kappa shape index (κ3) is 6.05. The Labute approximate surface area is 106 Å². The highest BCUT2D eigenvalue weighted by Crippen LogP contribution is 2.13. The van der Waals surface area contributed by atoms with Crippen LogP contribution in [-0.4, -0.2) is 24.7 Å². The SMILES string of the molecule is CCC(CC#N)NC(C)CC1CCCCCN1. The predicted molar refractivity (Wildman–Crippen MR) is 71.8 cm³/mol. The quantitative estimate of drug-likeness (QED) is 0.746. The van der Waals surface area contributed by atoms with E-state index in [1.165, 1.54) is 38.6 Å². The van der Waals surface area contributed by atoms with Crippen LogP contribution in [-0.2, 0) is 0 Å². The Morgan fingerprint density at radius 2 is 2.24 bits per heavy atom. The molecule has 3 nitrogen and oxygen atoms in total. The zero-order valence-electron chi connectivity index (χ0n) is 11.3. The highest BCUT2D eigenvalue weighted by molar-refractivity contribution is 4.83. The number of nitriles is 1. The van der Waals surface area contributed by atoms with Gasteiger partial charge in [0.05, 0.1) is 12.5 Å². The molecule has 1 fully saturated rings. The monoisotopic (exact) mass is 237 g/mol. The summed E-state index contributed by atoms with van der Waals surface area (Å²) in [7, 11) is 0. The normalized spacial score (nSPS) is 24.6. The summed E-state index contributed by atoms with van der Waals surface area (Å²) in [4.78, 5) is 0. The van der Waals surface area contributed by atoms with Crippen molar-refractivity contribution in [2.75, 3.05) is 6.54 Å². The largest absolute Gasteiger partial charge is 0.314 e. The molecule has 1 aliphatic heterocycles. The van der Waals surface area contributed by atoms with Gasteiger partial charge in [-0.25, -0.2) is 0 Å². The Hall–Kier alpha value is -0.590. The summed E-state index contributed by atoms with van der Waals surface area (Å²) >= 11 is 0. The Morgan fingerprint density at radius 3 is 2.94 bits per heavy atom. The van der Waals surface area contributed by atoms with E-state index in [0.29, 0.717) is 24.5 Å². The number of hydrogen-bond acceptors (Lipinski definition) is 3. The second-order valence-corrected chi connectivity index (χ2v) is 5.27. The lowest BCUT2D eigenvalue weighted by Crippen LogP contribution is -2.41. The molecule has 3 unspecified atom stereocenters. The van der Waals surface area contributed by atoms with E-state index in [1.54, 1.807) is 0 Å². The second-order valence-electron chi connectivity index (χ2n) is 5.27. The van der Waals surface area contributed by atoms with E-state index in [-0.39, 0.29) is 0 Å². The van der Waals surface area contributed by atoms with E-state index in [2.05, 4.69) is 30.6 Å². The summed E-state index contributed by atoms with van der Waals surface area (Å²) in [5.74, 6) is 0. The van der Waals surface area contributed by atoms with Crippen molar-refractivity contribution in [1.29, 1.82) is 5.26 Å². The fourth-order valence-corrected chi connectivity index (χ4v) is 2.63.